The van der Waals surface area contributed by atoms with Crippen molar-refractivity contribution in [3.8, 4) is 0 Å². The zero-order valence-corrected chi connectivity index (χ0v) is 10.2. The summed E-state index contributed by atoms with van der Waals surface area (Å²) in [7, 11) is 0. The first-order valence-corrected chi connectivity index (χ1v) is 5.92. The number of halogens is 1. The molecule has 0 heterocycles. The first kappa shape index (κ1) is 9.67. The van der Waals surface area contributed by atoms with Crippen LogP contribution in [0.1, 0.15) is 16.7 Å². The van der Waals surface area contributed by atoms with Crippen molar-refractivity contribution >= 4 is 27.2 Å². The molecule has 0 bridgehead atoms. The molecular weight excluding hydrogens is 262 g/mol. The molecule has 16 heavy (non-hydrogen) atoms. The molecule has 0 spiro atoms. The molecule has 0 aromatic heterocycles. The molecule has 0 amide bonds. The van der Waals surface area contributed by atoms with Crippen molar-refractivity contribution in [3.63, 3.8) is 0 Å². The average Bonchev–Trinajstić information content (AvgIpc) is 2.31. The Morgan fingerprint density at radius 1 is 0.812 bits per heavy atom. The van der Waals surface area contributed by atoms with E-state index >= 15 is 0 Å². The minimum atomic E-state index is 0.901. The minimum absolute atomic E-state index is 0.901. The van der Waals surface area contributed by atoms with Gasteiger partial charge >= 0.3 is 0 Å². The predicted octanol–water partition coefficient (Wildman–Crippen LogP) is 3.64. The van der Waals surface area contributed by atoms with Crippen molar-refractivity contribution in [2.75, 3.05) is 0 Å². The van der Waals surface area contributed by atoms with Crippen LogP contribution in [0.3, 0.4) is 0 Å². The average molecular weight is 272 g/mol. The standard InChI is InChI=1S/C14H10BrN/c15-10-7-5-9(6-8-10)13-11-3-1-2-4-12(11)14(13)16/h1-8H,16H2. The Morgan fingerprint density at radius 3 is 2.12 bits per heavy atom. The largest absolute Gasteiger partial charge is 0.398 e. The summed E-state index contributed by atoms with van der Waals surface area (Å²) >= 11 is 3.43. The van der Waals surface area contributed by atoms with Crippen LogP contribution < -0.4 is 5.73 Å². The Hall–Kier alpha value is -1.54. The number of benzene rings is 2. The lowest BCUT2D eigenvalue weighted by atomic mass is 9.81. The maximum absolute atomic E-state index is 6.07. The summed E-state index contributed by atoms with van der Waals surface area (Å²) in [5.74, 6) is 0. The number of hydrogen-bond acceptors (Lipinski definition) is 1. The highest BCUT2D eigenvalue weighted by atomic mass is 79.9. The van der Waals surface area contributed by atoms with Crippen molar-refractivity contribution < 1.29 is 0 Å². The van der Waals surface area contributed by atoms with Gasteiger partial charge in [0, 0.05) is 21.3 Å². The fraction of sp³-hybridized carbons (Fsp3) is 0. The number of nitrogens with two attached hydrogens (primary N) is 1. The third kappa shape index (κ3) is 1.30. The van der Waals surface area contributed by atoms with E-state index in [-0.39, 0.29) is 0 Å². The van der Waals surface area contributed by atoms with Gasteiger partial charge in [0.25, 0.3) is 0 Å². The molecule has 1 aliphatic carbocycles. The lowest BCUT2D eigenvalue weighted by Crippen LogP contribution is -2.13. The Labute approximate surface area is 103 Å². The van der Waals surface area contributed by atoms with E-state index in [2.05, 4.69) is 40.2 Å². The monoisotopic (exact) mass is 271 g/mol. The Bertz CT molecular complexity index is 582. The van der Waals surface area contributed by atoms with Gasteiger partial charge in [-0.3, -0.25) is 0 Å². The maximum atomic E-state index is 6.07. The Kier molecular flexibility index (Phi) is 2.11. The van der Waals surface area contributed by atoms with E-state index in [1.807, 2.05) is 24.3 Å². The lowest BCUT2D eigenvalue weighted by Gasteiger charge is -2.25. The minimum Gasteiger partial charge on any atom is -0.398 e. The van der Waals surface area contributed by atoms with E-state index in [0.29, 0.717) is 0 Å². The summed E-state index contributed by atoms with van der Waals surface area (Å²) in [6.45, 7) is 0. The van der Waals surface area contributed by atoms with Gasteiger partial charge in [-0.25, -0.2) is 0 Å². The molecule has 1 aliphatic rings. The molecule has 0 saturated heterocycles. The van der Waals surface area contributed by atoms with Crippen molar-refractivity contribution in [3.05, 3.63) is 69.7 Å². The molecule has 3 rings (SSSR count). The van der Waals surface area contributed by atoms with Crippen LogP contribution in [-0.2, 0) is 0 Å². The lowest BCUT2D eigenvalue weighted by molar-refractivity contribution is 1.39. The second kappa shape index (κ2) is 3.49. The summed E-state index contributed by atoms with van der Waals surface area (Å²) in [5.41, 5.74) is 11.7. The molecular formula is C14H10BrN. The molecule has 1 nitrogen and oxygen atoms in total. The van der Waals surface area contributed by atoms with Crippen LogP contribution in [0.25, 0.3) is 11.3 Å². The van der Waals surface area contributed by atoms with E-state index in [1.165, 1.54) is 22.3 Å². The topological polar surface area (TPSA) is 26.0 Å². The van der Waals surface area contributed by atoms with Gasteiger partial charge in [0.05, 0.1) is 0 Å². The number of fused-ring (bicyclic) bond motifs is 1. The van der Waals surface area contributed by atoms with Crippen LogP contribution >= 0.6 is 15.9 Å². The van der Waals surface area contributed by atoms with Crippen LogP contribution in [0.15, 0.2) is 53.0 Å². The molecule has 2 N–H and O–H groups in total. The molecule has 0 unspecified atom stereocenters. The SMILES string of the molecule is NC1=C(c2ccc(Br)cc2)c2ccccc21. The van der Waals surface area contributed by atoms with Crippen LogP contribution in [0.2, 0.25) is 0 Å². The van der Waals surface area contributed by atoms with Crippen LogP contribution in [0, 0.1) is 0 Å². The summed E-state index contributed by atoms with van der Waals surface area (Å²) in [6.07, 6.45) is 0. The summed E-state index contributed by atoms with van der Waals surface area (Å²) in [5, 5.41) is 0. The van der Waals surface area contributed by atoms with Crippen LogP contribution in [0.4, 0.5) is 0 Å². The highest BCUT2D eigenvalue weighted by Gasteiger charge is 2.23. The molecule has 0 aliphatic heterocycles. The maximum Gasteiger partial charge on any atom is 0.0479 e. The fourth-order valence-corrected chi connectivity index (χ4v) is 2.35. The second-order valence-electron chi connectivity index (χ2n) is 3.84. The highest BCUT2D eigenvalue weighted by molar-refractivity contribution is 9.10. The van der Waals surface area contributed by atoms with Crippen molar-refractivity contribution in [1.82, 2.24) is 0 Å². The van der Waals surface area contributed by atoms with Crippen molar-refractivity contribution in [1.29, 1.82) is 0 Å². The van der Waals surface area contributed by atoms with Crippen molar-refractivity contribution in [2.45, 2.75) is 0 Å². The fourth-order valence-electron chi connectivity index (χ4n) is 2.08. The summed E-state index contributed by atoms with van der Waals surface area (Å²) in [6, 6.07) is 16.5. The molecule has 2 heteroatoms. The van der Waals surface area contributed by atoms with Gasteiger partial charge in [-0.15, -0.1) is 0 Å². The van der Waals surface area contributed by atoms with Gasteiger partial charge in [-0.2, -0.15) is 0 Å². The zero-order valence-electron chi connectivity index (χ0n) is 8.57. The second-order valence-corrected chi connectivity index (χ2v) is 4.76. The van der Waals surface area contributed by atoms with Gasteiger partial charge in [-0.05, 0) is 23.3 Å². The van der Waals surface area contributed by atoms with Gasteiger partial charge in [0.1, 0.15) is 0 Å². The predicted molar refractivity (Wildman–Crippen MR) is 70.7 cm³/mol. The molecule has 2 aromatic rings. The molecule has 2 aromatic carbocycles. The molecule has 0 atom stereocenters. The van der Waals surface area contributed by atoms with Gasteiger partial charge < -0.3 is 5.73 Å². The van der Waals surface area contributed by atoms with Gasteiger partial charge in [0.2, 0.25) is 0 Å². The quantitative estimate of drug-likeness (QED) is 0.842. The summed E-state index contributed by atoms with van der Waals surface area (Å²) in [4.78, 5) is 0. The molecule has 0 fully saturated rings. The normalized spacial score (nSPS) is 13.3. The van der Waals surface area contributed by atoms with E-state index < -0.39 is 0 Å². The highest BCUT2D eigenvalue weighted by Crippen LogP contribution is 2.41. The van der Waals surface area contributed by atoms with Crippen molar-refractivity contribution in [2.24, 2.45) is 5.73 Å². The van der Waals surface area contributed by atoms with E-state index in [0.717, 1.165) is 10.2 Å². The first-order valence-electron chi connectivity index (χ1n) is 5.13. The molecule has 0 radical (unpaired) electrons. The smallest absolute Gasteiger partial charge is 0.0479 e. The Balaban J connectivity index is 2.11. The Morgan fingerprint density at radius 2 is 1.44 bits per heavy atom. The third-order valence-corrected chi connectivity index (χ3v) is 3.42. The van der Waals surface area contributed by atoms with E-state index in [4.69, 9.17) is 5.73 Å². The zero-order chi connectivity index (χ0) is 11.1. The summed E-state index contributed by atoms with van der Waals surface area (Å²) < 4.78 is 1.09. The van der Waals surface area contributed by atoms with E-state index in [9.17, 15) is 0 Å². The number of hydrogen-bond donors (Lipinski definition) is 1. The first-order chi connectivity index (χ1) is 7.77. The van der Waals surface area contributed by atoms with Gasteiger partial charge in [0.15, 0.2) is 0 Å². The van der Waals surface area contributed by atoms with Crippen LogP contribution in [-0.4, -0.2) is 0 Å². The number of rotatable bonds is 1. The third-order valence-electron chi connectivity index (χ3n) is 2.89. The van der Waals surface area contributed by atoms with Crippen LogP contribution in [0.5, 0.6) is 0 Å². The molecule has 0 saturated carbocycles. The van der Waals surface area contributed by atoms with Gasteiger partial charge in [-0.1, -0.05) is 52.3 Å². The van der Waals surface area contributed by atoms with E-state index in [1.54, 1.807) is 0 Å². The molecule has 78 valence electrons.